The van der Waals surface area contributed by atoms with Crippen LogP contribution in [0.2, 0.25) is 0 Å². The molecule has 1 saturated heterocycles. The van der Waals surface area contributed by atoms with Gasteiger partial charge in [0.25, 0.3) is 5.91 Å². The standard InChI is InChI=1S/C21H28N2O3/c1-14(24)22-10-11-26-18-8-6-17(7-9-18)21(25)23-12-19-15-2-3-16(5-4-15)20(19)13-23/h6-9,15-16,19-20H,2-5,10-13H2,1H3,(H,22,24)/t15?,16?,19-,20+. The number of nitrogens with zero attached hydrogens (tertiary/aromatic N) is 1. The topological polar surface area (TPSA) is 58.6 Å². The number of amides is 2. The third kappa shape index (κ3) is 3.44. The van der Waals surface area contributed by atoms with Crippen molar-refractivity contribution in [2.45, 2.75) is 32.6 Å². The van der Waals surface area contributed by atoms with Crippen molar-refractivity contribution in [3.05, 3.63) is 29.8 Å². The minimum absolute atomic E-state index is 0.0610. The molecular formula is C21H28N2O3. The molecule has 0 radical (unpaired) electrons. The number of likely N-dealkylation sites (tertiary alicyclic amines) is 1. The highest BCUT2D eigenvalue weighted by Crippen LogP contribution is 2.51. The fraction of sp³-hybridized carbons (Fsp3) is 0.619. The summed E-state index contributed by atoms with van der Waals surface area (Å²) in [6, 6.07) is 7.39. The molecule has 3 aliphatic carbocycles. The van der Waals surface area contributed by atoms with Crippen LogP contribution in [0.5, 0.6) is 5.75 Å². The third-order valence-corrected chi connectivity index (χ3v) is 6.57. The molecule has 0 spiro atoms. The van der Waals surface area contributed by atoms with Crippen LogP contribution in [0.4, 0.5) is 0 Å². The first kappa shape index (κ1) is 17.4. The summed E-state index contributed by atoms with van der Waals surface area (Å²) >= 11 is 0. The van der Waals surface area contributed by atoms with Crippen molar-refractivity contribution in [3.63, 3.8) is 0 Å². The van der Waals surface area contributed by atoms with E-state index in [0.717, 1.165) is 48.1 Å². The zero-order chi connectivity index (χ0) is 18.1. The summed E-state index contributed by atoms with van der Waals surface area (Å²) in [5.74, 6) is 3.99. The van der Waals surface area contributed by atoms with E-state index in [1.165, 1.54) is 32.6 Å². The largest absolute Gasteiger partial charge is 0.492 e. The summed E-state index contributed by atoms with van der Waals surface area (Å²) in [7, 11) is 0. The molecule has 4 fully saturated rings. The smallest absolute Gasteiger partial charge is 0.253 e. The average Bonchev–Trinajstić information content (AvgIpc) is 3.13. The minimum atomic E-state index is -0.0610. The Morgan fingerprint density at radius 1 is 1.04 bits per heavy atom. The van der Waals surface area contributed by atoms with Crippen molar-refractivity contribution in [1.29, 1.82) is 0 Å². The Morgan fingerprint density at radius 2 is 1.62 bits per heavy atom. The Kier molecular flexibility index (Phi) is 4.88. The van der Waals surface area contributed by atoms with E-state index >= 15 is 0 Å². The summed E-state index contributed by atoms with van der Waals surface area (Å²) < 4.78 is 5.59. The molecule has 0 aromatic heterocycles. The average molecular weight is 356 g/mol. The van der Waals surface area contributed by atoms with Crippen molar-refractivity contribution in [3.8, 4) is 5.75 Å². The van der Waals surface area contributed by atoms with Gasteiger partial charge in [0.1, 0.15) is 12.4 Å². The maximum absolute atomic E-state index is 12.9. The van der Waals surface area contributed by atoms with Gasteiger partial charge in [-0.15, -0.1) is 0 Å². The van der Waals surface area contributed by atoms with Gasteiger partial charge in [0, 0.05) is 25.6 Å². The number of fused-ring (bicyclic) bond motifs is 2. The van der Waals surface area contributed by atoms with Crippen molar-refractivity contribution in [2.24, 2.45) is 23.7 Å². The zero-order valence-corrected chi connectivity index (χ0v) is 15.4. The molecule has 2 bridgehead atoms. The number of carbonyl (C=O) groups is 2. The third-order valence-electron chi connectivity index (χ3n) is 6.57. The van der Waals surface area contributed by atoms with Gasteiger partial charge in [0.15, 0.2) is 0 Å². The fourth-order valence-electron chi connectivity index (χ4n) is 5.29. The maximum Gasteiger partial charge on any atom is 0.253 e. The molecule has 26 heavy (non-hydrogen) atoms. The number of carbonyl (C=O) groups excluding carboxylic acids is 2. The van der Waals surface area contributed by atoms with E-state index in [1.807, 2.05) is 24.3 Å². The number of hydrogen-bond donors (Lipinski definition) is 1. The molecule has 140 valence electrons. The van der Waals surface area contributed by atoms with Gasteiger partial charge < -0.3 is 15.0 Å². The molecule has 1 aliphatic heterocycles. The van der Waals surface area contributed by atoms with Gasteiger partial charge in [-0.1, -0.05) is 0 Å². The van der Waals surface area contributed by atoms with Gasteiger partial charge in [-0.3, -0.25) is 9.59 Å². The van der Waals surface area contributed by atoms with Crippen molar-refractivity contribution >= 4 is 11.8 Å². The van der Waals surface area contributed by atoms with E-state index in [9.17, 15) is 9.59 Å². The van der Waals surface area contributed by atoms with Crippen LogP contribution in [-0.2, 0) is 4.79 Å². The van der Waals surface area contributed by atoms with Crippen LogP contribution in [0.25, 0.3) is 0 Å². The molecule has 1 aromatic carbocycles. The first-order valence-electron chi connectivity index (χ1n) is 9.88. The molecule has 1 N–H and O–H groups in total. The van der Waals surface area contributed by atoms with E-state index in [4.69, 9.17) is 4.74 Å². The van der Waals surface area contributed by atoms with Crippen LogP contribution >= 0.6 is 0 Å². The van der Waals surface area contributed by atoms with Gasteiger partial charge in [0.2, 0.25) is 5.91 Å². The van der Waals surface area contributed by atoms with Crippen LogP contribution in [0.15, 0.2) is 24.3 Å². The summed E-state index contributed by atoms with van der Waals surface area (Å²) in [5.41, 5.74) is 0.741. The summed E-state index contributed by atoms with van der Waals surface area (Å²) in [6.45, 7) is 4.28. The lowest BCUT2D eigenvalue weighted by molar-refractivity contribution is -0.119. The maximum atomic E-state index is 12.9. The molecule has 1 aromatic rings. The lowest BCUT2D eigenvalue weighted by atomic mass is 9.60. The number of hydrogen-bond acceptors (Lipinski definition) is 3. The van der Waals surface area contributed by atoms with Crippen LogP contribution in [0.3, 0.4) is 0 Å². The van der Waals surface area contributed by atoms with Gasteiger partial charge in [-0.2, -0.15) is 0 Å². The van der Waals surface area contributed by atoms with Gasteiger partial charge in [0.05, 0.1) is 6.54 Å². The SMILES string of the molecule is CC(=O)NCCOc1ccc(C(=O)N2C[C@@H]3C4CCC(CC4)[C@@H]3C2)cc1. The Bertz CT molecular complexity index is 644. The molecule has 4 aliphatic rings. The zero-order valence-electron chi connectivity index (χ0n) is 15.4. The van der Waals surface area contributed by atoms with Crippen LogP contribution in [0, 0.1) is 23.7 Å². The highest BCUT2D eigenvalue weighted by Gasteiger charge is 2.49. The van der Waals surface area contributed by atoms with Gasteiger partial charge >= 0.3 is 0 Å². The van der Waals surface area contributed by atoms with Crippen LogP contribution in [-0.4, -0.2) is 43.0 Å². The minimum Gasteiger partial charge on any atom is -0.492 e. The molecule has 5 rings (SSSR count). The van der Waals surface area contributed by atoms with E-state index in [-0.39, 0.29) is 11.8 Å². The predicted octanol–water partition coefficient (Wildman–Crippen LogP) is 2.71. The molecule has 2 amide bonds. The van der Waals surface area contributed by atoms with Crippen molar-refractivity contribution in [2.75, 3.05) is 26.2 Å². The molecular weight excluding hydrogens is 328 g/mol. The monoisotopic (exact) mass is 356 g/mol. The predicted molar refractivity (Wildman–Crippen MR) is 99.0 cm³/mol. The number of ether oxygens (including phenoxy) is 1. The molecule has 3 saturated carbocycles. The van der Waals surface area contributed by atoms with Gasteiger partial charge in [-0.05, 0) is 73.6 Å². The summed E-state index contributed by atoms with van der Waals surface area (Å²) in [4.78, 5) is 25.8. The second kappa shape index (κ2) is 7.29. The number of nitrogens with one attached hydrogen (secondary N) is 1. The lowest BCUT2D eigenvalue weighted by Crippen LogP contribution is -2.38. The second-order valence-electron chi connectivity index (χ2n) is 8.07. The number of rotatable bonds is 5. The van der Waals surface area contributed by atoms with Crippen molar-refractivity contribution in [1.82, 2.24) is 10.2 Å². The van der Waals surface area contributed by atoms with Crippen molar-refractivity contribution < 1.29 is 14.3 Å². The number of benzene rings is 1. The van der Waals surface area contributed by atoms with Crippen LogP contribution in [0.1, 0.15) is 43.0 Å². The molecule has 5 nitrogen and oxygen atoms in total. The van der Waals surface area contributed by atoms with E-state index in [1.54, 1.807) is 0 Å². The Morgan fingerprint density at radius 3 is 2.15 bits per heavy atom. The van der Waals surface area contributed by atoms with Gasteiger partial charge in [-0.25, -0.2) is 0 Å². The molecule has 2 atom stereocenters. The van der Waals surface area contributed by atoms with E-state index in [2.05, 4.69) is 10.2 Å². The molecule has 1 heterocycles. The Hall–Kier alpha value is -2.04. The lowest BCUT2D eigenvalue weighted by Gasteiger charge is -2.44. The highest BCUT2D eigenvalue weighted by atomic mass is 16.5. The highest BCUT2D eigenvalue weighted by molar-refractivity contribution is 5.94. The van der Waals surface area contributed by atoms with E-state index in [0.29, 0.717) is 13.2 Å². The second-order valence-corrected chi connectivity index (χ2v) is 8.07. The Labute approximate surface area is 155 Å². The summed E-state index contributed by atoms with van der Waals surface area (Å²) in [5, 5.41) is 2.69. The Balaban J connectivity index is 1.33. The molecule has 0 unspecified atom stereocenters. The normalized spacial score (nSPS) is 29.3. The quantitative estimate of drug-likeness (QED) is 0.825. The van der Waals surface area contributed by atoms with Crippen LogP contribution < -0.4 is 10.1 Å². The summed E-state index contributed by atoms with van der Waals surface area (Å²) in [6.07, 6.45) is 5.49. The molecule has 5 heteroatoms. The first-order chi connectivity index (χ1) is 12.6. The first-order valence-corrected chi connectivity index (χ1v) is 9.88. The fourth-order valence-corrected chi connectivity index (χ4v) is 5.29. The van der Waals surface area contributed by atoms with E-state index < -0.39 is 0 Å².